The fourth-order valence-electron chi connectivity index (χ4n) is 2.22. The Balaban J connectivity index is 1.61. The molecule has 0 unspecified atom stereocenters. The highest BCUT2D eigenvalue weighted by Gasteiger charge is 2.30. The summed E-state index contributed by atoms with van der Waals surface area (Å²) < 4.78 is 5.77. The van der Waals surface area contributed by atoms with Gasteiger partial charge < -0.3 is 19.7 Å². The van der Waals surface area contributed by atoms with Crippen LogP contribution in [-0.2, 0) is 0 Å². The number of nitrogens with zero attached hydrogens (tertiary/aromatic N) is 1. The van der Waals surface area contributed by atoms with Crippen molar-refractivity contribution in [3.05, 3.63) is 30.5 Å². The van der Waals surface area contributed by atoms with E-state index in [1.54, 1.807) is 0 Å². The van der Waals surface area contributed by atoms with Gasteiger partial charge in [0.05, 0.1) is 6.61 Å². The van der Waals surface area contributed by atoms with Gasteiger partial charge in [0, 0.05) is 36.1 Å². The van der Waals surface area contributed by atoms with Gasteiger partial charge in [0.15, 0.2) is 0 Å². The van der Waals surface area contributed by atoms with Gasteiger partial charge in [-0.25, -0.2) is 4.79 Å². The molecule has 3 rings (SSSR count). The lowest BCUT2D eigenvalue weighted by Crippen LogP contribution is -2.51. The lowest BCUT2D eigenvalue weighted by molar-refractivity contribution is 0.0589. The summed E-state index contributed by atoms with van der Waals surface area (Å²) in [6.45, 7) is 1.70. The number of hydrogen-bond donors (Lipinski definition) is 2. The third-order valence-electron chi connectivity index (χ3n) is 3.26. The standard InChI is InChI=1S/C13H14N2O3/c16-13(17)15-6-9(7-15)8-18-12-3-1-2-11-10(12)4-5-14-11/h1-5,9,14H,6-8H2,(H,16,17). The maximum atomic E-state index is 10.6. The molecule has 1 aromatic heterocycles. The minimum atomic E-state index is -0.848. The lowest BCUT2D eigenvalue weighted by Gasteiger charge is -2.36. The molecule has 0 aliphatic carbocycles. The Morgan fingerprint density at radius 1 is 1.44 bits per heavy atom. The molecule has 1 saturated heterocycles. The Hall–Kier alpha value is -2.17. The zero-order chi connectivity index (χ0) is 12.5. The maximum absolute atomic E-state index is 10.6. The van der Waals surface area contributed by atoms with Gasteiger partial charge in [-0.1, -0.05) is 6.07 Å². The van der Waals surface area contributed by atoms with Crippen molar-refractivity contribution in [2.24, 2.45) is 5.92 Å². The number of carboxylic acid groups (broad SMARTS) is 1. The molecule has 18 heavy (non-hydrogen) atoms. The summed E-state index contributed by atoms with van der Waals surface area (Å²) in [6.07, 6.45) is 1.03. The number of likely N-dealkylation sites (tertiary alicyclic amines) is 1. The molecule has 5 nitrogen and oxygen atoms in total. The van der Waals surface area contributed by atoms with Crippen LogP contribution in [0.15, 0.2) is 30.5 Å². The fraction of sp³-hybridized carbons (Fsp3) is 0.308. The van der Waals surface area contributed by atoms with Crippen LogP contribution in [0, 0.1) is 5.92 Å². The van der Waals surface area contributed by atoms with Crippen molar-refractivity contribution in [3.63, 3.8) is 0 Å². The Morgan fingerprint density at radius 3 is 3.06 bits per heavy atom. The minimum Gasteiger partial charge on any atom is -0.492 e. The van der Waals surface area contributed by atoms with Crippen LogP contribution < -0.4 is 4.74 Å². The van der Waals surface area contributed by atoms with Crippen molar-refractivity contribution in [2.45, 2.75) is 0 Å². The Bertz CT molecular complexity index is 572. The Morgan fingerprint density at radius 2 is 2.28 bits per heavy atom. The first-order valence-corrected chi connectivity index (χ1v) is 5.91. The third-order valence-corrected chi connectivity index (χ3v) is 3.26. The molecule has 1 amide bonds. The molecule has 2 heterocycles. The number of benzene rings is 1. The van der Waals surface area contributed by atoms with Gasteiger partial charge in [-0.05, 0) is 18.2 Å². The number of ether oxygens (including phenoxy) is 1. The van der Waals surface area contributed by atoms with E-state index in [-0.39, 0.29) is 0 Å². The molecule has 2 N–H and O–H groups in total. The second kappa shape index (κ2) is 4.25. The second-order valence-electron chi connectivity index (χ2n) is 4.56. The monoisotopic (exact) mass is 246 g/mol. The van der Waals surface area contributed by atoms with Crippen LogP contribution in [0.5, 0.6) is 5.75 Å². The van der Waals surface area contributed by atoms with Gasteiger partial charge in [0.2, 0.25) is 0 Å². The quantitative estimate of drug-likeness (QED) is 0.872. The number of carbonyl (C=O) groups is 1. The van der Waals surface area contributed by atoms with Crippen LogP contribution in [0.4, 0.5) is 4.79 Å². The number of aromatic amines is 1. The number of hydrogen-bond acceptors (Lipinski definition) is 2. The van der Waals surface area contributed by atoms with Gasteiger partial charge in [-0.15, -0.1) is 0 Å². The first kappa shape index (κ1) is 11.0. The molecule has 94 valence electrons. The minimum absolute atomic E-state index is 0.301. The number of amides is 1. The molecule has 0 bridgehead atoms. The topological polar surface area (TPSA) is 65.6 Å². The summed E-state index contributed by atoms with van der Waals surface area (Å²) >= 11 is 0. The highest BCUT2D eigenvalue weighted by atomic mass is 16.5. The predicted octanol–water partition coefficient (Wildman–Crippen LogP) is 2.16. The van der Waals surface area contributed by atoms with E-state index >= 15 is 0 Å². The van der Waals surface area contributed by atoms with Gasteiger partial charge in [-0.2, -0.15) is 0 Å². The molecule has 1 fully saturated rings. The van der Waals surface area contributed by atoms with Crippen molar-refractivity contribution in [1.82, 2.24) is 9.88 Å². The van der Waals surface area contributed by atoms with Crippen LogP contribution in [0.2, 0.25) is 0 Å². The molecule has 0 radical (unpaired) electrons. The van der Waals surface area contributed by atoms with Gasteiger partial charge in [-0.3, -0.25) is 0 Å². The van der Waals surface area contributed by atoms with Crippen LogP contribution in [-0.4, -0.2) is 40.8 Å². The summed E-state index contributed by atoms with van der Waals surface area (Å²) in [6, 6.07) is 7.86. The van der Waals surface area contributed by atoms with E-state index < -0.39 is 6.09 Å². The van der Waals surface area contributed by atoms with Crippen molar-refractivity contribution in [2.75, 3.05) is 19.7 Å². The van der Waals surface area contributed by atoms with E-state index in [1.165, 1.54) is 4.90 Å². The zero-order valence-corrected chi connectivity index (χ0v) is 9.80. The van der Waals surface area contributed by atoms with E-state index in [4.69, 9.17) is 9.84 Å². The highest BCUT2D eigenvalue weighted by Crippen LogP contribution is 2.26. The number of H-pyrrole nitrogens is 1. The van der Waals surface area contributed by atoms with Crippen molar-refractivity contribution < 1.29 is 14.6 Å². The van der Waals surface area contributed by atoms with Crippen LogP contribution in [0.3, 0.4) is 0 Å². The number of nitrogens with one attached hydrogen (secondary N) is 1. The summed E-state index contributed by atoms with van der Waals surface area (Å²) in [5.41, 5.74) is 1.05. The van der Waals surface area contributed by atoms with Crippen molar-refractivity contribution in [1.29, 1.82) is 0 Å². The third kappa shape index (κ3) is 1.88. The summed E-state index contributed by atoms with van der Waals surface area (Å²) in [5.74, 6) is 1.15. The molecule has 0 saturated carbocycles. The van der Waals surface area contributed by atoms with Crippen molar-refractivity contribution >= 4 is 17.0 Å². The molecule has 1 aliphatic rings. The molecule has 1 aromatic carbocycles. The second-order valence-corrected chi connectivity index (χ2v) is 4.56. The predicted molar refractivity (Wildman–Crippen MR) is 66.9 cm³/mol. The van der Waals surface area contributed by atoms with Crippen molar-refractivity contribution in [3.8, 4) is 5.75 Å². The average Bonchev–Trinajstić information content (AvgIpc) is 2.75. The average molecular weight is 246 g/mol. The smallest absolute Gasteiger partial charge is 0.407 e. The first-order chi connectivity index (χ1) is 8.74. The molecular formula is C13H14N2O3. The molecule has 2 aromatic rings. The Kier molecular flexibility index (Phi) is 2.59. The van der Waals surface area contributed by atoms with Crippen LogP contribution in [0.1, 0.15) is 0 Å². The van der Waals surface area contributed by atoms with Gasteiger partial charge in [0.25, 0.3) is 0 Å². The van der Waals surface area contributed by atoms with E-state index in [2.05, 4.69) is 4.98 Å². The zero-order valence-electron chi connectivity index (χ0n) is 9.80. The summed E-state index contributed by atoms with van der Waals surface area (Å²) in [7, 11) is 0. The summed E-state index contributed by atoms with van der Waals surface area (Å²) in [5, 5.41) is 9.79. The number of rotatable bonds is 3. The maximum Gasteiger partial charge on any atom is 0.407 e. The number of fused-ring (bicyclic) bond motifs is 1. The molecule has 0 spiro atoms. The van der Waals surface area contributed by atoms with E-state index in [0.717, 1.165) is 16.7 Å². The van der Waals surface area contributed by atoms with Crippen LogP contribution >= 0.6 is 0 Å². The fourth-order valence-corrected chi connectivity index (χ4v) is 2.22. The van der Waals surface area contributed by atoms with E-state index in [1.807, 2.05) is 30.5 Å². The number of aromatic nitrogens is 1. The highest BCUT2D eigenvalue weighted by molar-refractivity contribution is 5.85. The Labute approximate surface area is 104 Å². The van der Waals surface area contributed by atoms with E-state index in [9.17, 15) is 4.79 Å². The largest absolute Gasteiger partial charge is 0.492 e. The molecular weight excluding hydrogens is 232 g/mol. The SMILES string of the molecule is O=C(O)N1CC(COc2cccc3[nH]ccc23)C1. The van der Waals surface area contributed by atoms with Gasteiger partial charge >= 0.3 is 6.09 Å². The molecule has 0 atom stereocenters. The molecule has 5 heteroatoms. The lowest BCUT2D eigenvalue weighted by atomic mass is 10.0. The van der Waals surface area contributed by atoms with Crippen LogP contribution in [0.25, 0.3) is 10.9 Å². The molecule has 1 aliphatic heterocycles. The van der Waals surface area contributed by atoms with E-state index in [0.29, 0.717) is 25.6 Å². The normalized spacial score (nSPS) is 15.7. The van der Waals surface area contributed by atoms with Gasteiger partial charge in [0.1, 0.15) is 5.75 Å². The first-order valence-electron chi connectivity index (χ1n) is 5.91. The summed E-state index contributed by atoms with van der Waals surface area (Å²) in [4.78, 5) is 15.1.